The van der Waals surface area contributed by atoms with Crippen molar-refractivity contribution in [3.05, 3.63) is 0 Å². The van der Waals surface area contributed by atoms with Crippen molar-refractivity contribution in [3.63, 3.8) is 0 Å². The van der Waals surface area contributed by atoms with E-state index in [0.717, 1.165) is 26.2 Å². The van der Waals surface area contributed by atoms with E-state index in [9.17, 15) is 0 Å². The normalized spacial score (nSPS) is 20.2. The van der Waals surface area contributed by atoms with Crippen LogP contribution in [0, 0.1) is 0 Å². The summed E-state index contributed by atoms with van der Waals surface area (Å²) in [6.45, 7) is 7.45. The average molecular weight is 248 g/mol. The van der Waals surface area contributed by atoms with Gasteiger partial charge in [0.2, 0.25) is 0 Å². The molecule has 1 fully saturated rings. The Morgan fingerprint density at radius 2 is 1.44 bits per heavy atom. The molecule has 0 amide bonds. The molecule has 1 saturated heterocycles. The minimum absolute atomic E-state index is 0.960. The number of nitrogens with zero attached hydrogens (tertiary/aromatic N) is 2. The summed E-state index contributed by atoms with van der Waals surface area (Å²) in [6.07, 6.45) is 1.21. The van der Waals surface area contributed by atoms with Crippen LogP contribution < -0.4 is 0 Å². The molecule has 0 unspecified atom stereocenters. The fraction of sp³-hybridized carbons (Fsp3) is 1.00. The van der Waals surface area contributed by atoms with Gasteiger partial charge in [-0.05, 0) is 13.0 Å². The summed E-state index contributed by atoms with van der Waals surface area (Å²) < 4.78 is 18.6. The van der Waals surface area contributed by atoms with Crippen LogP contribution in [-0.2, 0) is 13.3 Å². The minimum atomic E-state index is -2.56. The Kier molecular flexibility index (Phi) is 5.88. The van der Waals surface area contributed by atoms with Crippen molar-refractivity contribution in [3.8, 4) is 0 Å². The second-order valence-electron chi connectivity index (χ2n) is 3.96. The van der Waals surface area contributed by atoms with Crippen LogP contribution in [0.1, 0.15) is 13.3 Å². The Bertz CT molecular complexity index is 186. The van der Waals surface area contributed by atoms with Crippen LogP contribution in [0.5, 0.6) is 0 Å². The van der Waals surface area contributed by atoms with Gasteiger partial charge in [0, 0.05) is 47.5 Å². The summed E-state index contributed by atoms with van der Waals surface area (Å²) in [5.41, 5.74) is 0. The highest BCUT2D eigenvalue weighted by Crippen LogP contribution is 2.15. The third-order valence-corrected chi connectivity index (χ3v) is 5.84. The smallest absolute Gasteiger partial charge is 0.364 e. The average Bonchev–Trinajstić information content (AvgIpc) is 2.34. The maximum absolute atomic E-state index is 5.47. The van der Waals surface area contributed by atoms with E-state index in [-0.39, 0.29) is 0 Å². The molecule has 0 aromatic heterocycles. The monoisotopic (exact) mass is 248 g/mol. The molecule has 0 saturated carbocycles. The molecule has 1 heterocycles. The van der Waals surface area contributed by atoms with Crippen LogP contribution in [0.15, 0.2) is 0 Å². The zero-order valence-electron chi connectivity index (χ0n) is 10.9. The molecule has 5 nitrogen and oxygen atoms in total. The van der Waals surface area contributed by atoms with Gasteiger partial charge in [-0.25, -0.2) is 0 Å². The lowest BCUT2D eigenvalue weighted by Crippen LogP contribution is -2.64. The van der Waals surface area contributed by atoms with E-state index in [4.69, 9.17) is 13.3 Å². The molecule has 0 aromatic carbocycles. The molecular formula is C10H24N2O3Si. The fourth-order valence-corrected chi connectivity index (χ4v) is 4.22. The lowest BCUT2D eigenvalue weighted by atomic mass is 10.3. The van der Waals surface area contributed by atoms with E-state index < -0.39 is 8.97 Å². The molecular weight excluding hydrogens is 224 g/mol. The Morgan fingerprint density at radius 3 is 1.81 bits per heavy atom. The van der Waals surface area contributed by atoms with Crippen molar-refractivity contribution in [2.24, 2.45) is 0 Å². The van der Waals surface area contributed by atoms with Gasteiger partial charge in [-0.2, -0.15) is 0 Å². The summed E-state index contributed by atoms with van der Waals surface area (Å²) in [6, 6.07) is 0. The van der Waals surface area contributed by atoms with Gasteiger partial charge in [0.25, 0.3) is 0 Å². The van der Waals surface area contributed by atoms with Gasteiger partial charge in [-0.15, -0.1) is 0 Å². The highest BCUT2D eigenvalue weighted by molar-refractivity contribution is 6.57. The summed E-state index contributed by atoms with van der Waals surface area (Å²) >= 11 is 0. The van der Waals surface area contributed by atoms with Gasteiger partial charge in [0.05, 0.1) is 0 Å². The van der Waals surface area contributed by atoms with E-state index >= 15 is 0 Å². The lowest BCUT2D eigenvalue weighted by Gasteiger charge is -2.40. The van der Waals surface area contributed by atoms with Crippen LogP contribution >= 0.6 is 0 Å². The minimum Gasteiger partial charge on any atom is -0.364 e. The SMILES string of the molecule is CCCN1CCN([Si](OC)(OC)OC)CC1. The van der Waals surface area contributed by atoms with Gasteiger partial charge in [0.15, 0.2) is 0 Å². The molecule has 0 radical (unpaired) electrons. The van der Waals surface area contributed by atoms with E-state index in [2.05, 4.69) is 16.4 Å². The first kappa shape index (κ1) is 14.1. The van der Waals surface area contributed by atoms with E-state index in [0.29, 0.717) is 0 Å². The molecule has 1 aliphatic heterocycles. The Morgan fingerprint density at radius 1 is 0.938 bits per heavy atom. The summed E-state index contributed by atoms with van der Waals surface area (Å²) in [7, 11) is 2.43. The molecule has 0 spiro atoms. The Hall–Kier alpha value is 0.0169. The quantitative estimate of drug-likeness (QED) is 0.635. The predicted molar refractivity (Wildman–Crippen MR) is 65.1 cm³/mol. The van der Waals surface area contributed by atoms with Gasteiger partial charge < -0.3 is 18.2 Å². The zero-order valence-corrected chi connectivity index (χ0v) is 11.9. The highest BCUT2D eigenvalue weighted by Gasteiger charge is 2.47. The molecule has 1 rings (SSSR count). The number of hydrogen-bond acceptors (Lipinski definition) is 5. The predicted octanol–water partition coefficient (Wildman–Crippen LogP) is 0.389. The standard InChI is InChI=1S/C10H24N2O3Si/c1-5-6-11-7-9-12(10-8-11)16(13-2,14-3)15-4/h5-10H2,1-4H3. The number of piperazine rings is 1. The van der Waals surface area contributed by atoms with E-state index in [1.54, 1.807) is 21.3 Å². The molecule has 6 heteroatoms. The first-order chi connectivity index (χ1) is 7.72. The number of hydrogen-bond donors (Lipinski definition) is 0. The maximum atomic E-state index is 5.47. The highest BCUT2D eigenvalue weighted by atomic mass is 28.4. The van der Waals surface area contributed by atoms with Crippen molar-refractivity contribution in [1.29, 1.82) is 0 Å². The summed E-state index contributed by atoms with van der Waals surface area (Å²) in [5, 5.41) is 0. The van der Waals surface area contributed by atoms with Crippen LogP contribution in [0.3, 0.4) is 0 Å². The van der Waals surface area contributed by atoms with E-state index in [1.807, 2.05) is 0 Å². The van der Waals surface area contributed by atoms with Gasteiger partial charge >= 0.3 is 8.97 Å². The zero-order chi connectivity index (χ0) is 12.0. The molecule has 96 valence electrons. The van der Waals surface area contributed by atoms with Crippen molar-refractivity contribution in [2.75, 3.05) is 54.1 Å². The van der Waals surface area contributed by atoms with Crippen molar-refractivity contribution in [1.82, 2.24) is 9.47 Å². The first-order valence-corrected chi connectivity index (χ1v) is 7.52. The molecule has 0 aromatic rings. The third kappa shape index (κ3) is 3.03. The maximum Gasteiger partial charge on any atom is 0.598 e. The van der Waals surface area contributed by atoms with Crippen molar-refractivity contribution < 1.29 is 13.3 Å². The lowest BCUT2D eigenvalue weighted by molar-refractivity contribution is 0.0366. The molecule has 0 N–H and O–H groups in total. The van der Waals surface area contributed by atoms with Gasteiger partial charge in [-0.1, -0.05) is 6.92 Å². The first-order valence-electron chi connectivity index (χ1n) is 5.85. The number of rotatable bonds is 6. The fourth-order valence-electron chi connectivity index (χ4n) is 2.20. The summed E-state index contributed by atoms with van der Waals surface area (Å²) in [5.74, 6) is 0. The summed E-state index contributed by atoms with van der Waals surface area (Å²) in [4.78, 5) is 2.47. The Labute approximate surface area is 99.7 Å². The topological polar surface area (TPSA) is 34.2 Å². The second kappa shape index (κ2) is 6.68. The van der Waals surface area contributed by atoms with Crippen LogP contribution in [0.2, 0.25) is 0 Å². The Balaban J connectivity index is 2.50. The van der Waals surface area contributed by atoms with Crippen LogP contribution in [-0.4, -0.2) is 72.5 Å². The van der Waals surface area contributed by atoms with Gasteiger partial charge in [-0.3, -0.25) is 4.57 Å². The molecule has 0 aliphatic carbocycles. The van der Waals surface area contributed by atoms with Crippen molar-refractivity contribution in [2.45, 2.75) is 13.3 Å². The van der Waals surface area contributed by atoms with E-state index in [1.165, 1.54) is 13.0 Å². The molecule has 1 aliphatic rings. The molecule has 0 atom stereocenters. The van der Waals surface area contributed by atoms with Crippen molar-refractivity contribution >= 4 is 8.97 Å². The third-order valence-electron chi connectivity index (χ3n) is 3.07. The second-order valence-corrected chi connectivity index (χ2v) is 6.87. The van der Waals surface area contributed by atoms with Crippen LogP contribution in [0.25, 0.3) is 0 Å². The largest absolute Gasteiger partial charge is 0.598 e. The van der Waals surface area contributed by atoms with Gasteiger partial charge in [0.1, 0.15) is 0 Å². The molecule has 0 bridgehead atoms. The van der Waals surface area contributed by atoms with Crippen LogP contribution in [0.4, 0.5) is 0 Å². The molecule has 16 heavy (non-hydrogen) atoms.